The third-order valence-electron chi connectivity index (χ3n) is 5.85. The van der Waals surface area contributed by atoms with Gasteiger partial charge in [0, 0.05) is 43.7 Å². The maximum absolute atomic E-state index is 4.41. The zero-order chi connectivity index (χ0) is 20.8. The number of nitrogens with one attached hydrogen (secondary N) is 2. The van der Waals surface area contributed by atoms with Crippen LogP contribution in [-0.2, 0) is 6.42 Å². The van der Waals surface area contributed by atoms with Crippen molar-refractivity contribution in [2.24, 2.45) is 10.9 Å². The van der Waals surface area contributed by atoms with Gasteiger partial charge in [-0.1, -0.05) is 12.1 Å². The van der Waals surface area contributed by atoms with Gasteiger partial charge in [-0.25, -0.2) is 0 Å². The number of guanidine groups is 1. The molecule has 1 aliphatic heterocycles. The van der Waals surface area contributed by atoms with Crippen LogP contribution in [0.15, 0.2) is 46.9 Å². The Morgan fingerprint density at radius 3 is 3.00 bits per heavy atom. The molecule has 3 aromatic heterocycles. The van der Waals surface area contributed by atoms with E-state index in [0.717, 1.165) is 43.4 Å². The Morgan fingerprint density at radius 1 is 1.23 bits per heavy atom. The Labute approximate surface area is 182 Å². The molecule has 0 amide bonds. The molecular formula is C22H31N7S. The Hall–Kier alpha value is -2.45. The number of aryl methyl sites for hydroxylation is 1. The predicted octanol–water partition coefficient (Wildman–Crippen LogP) is 2.97. The minimum absolute atomic E-state index is 0.491. The molecule has 4 rings (SSSR count). The van der Waals surface area contributed by atoms with Gasteiger partial charge in [0.05, 0.1) is 0 Å². The maximum Gasteiger partial charge on any atom is 0.190 e. The molecule has 2 N–H and O–H groups in total. The average molecular weight is 426 g/mol. The fourth-order valence-corrected chi connectivity index (χ4v) is 5.33. The van der Waals surface area contributed by atoms with Crippen LogP contribution in [0, 0.1) is 5.92 Å². The zero-order valence-electron chi connectivity index (χ0n) is 17.8. The van der Waals surface area contributed by atoms with Crippen LogP contribution in [0.25, 0.3) is 5.65 Å². The highest BCUT2D eigenvalue weighted by Gasteiger charge is 2.31. The van der Waals surface area contributed by atoms with Crippen LogP contribution in [0.2, 0.25) is 0 Å². The molecule has 0 radical (unpaired) electrons. The van der Waals surface area contributed by atoms with Crippen molar-refractivity contribution < 1.29 is 0 Å². The number of piperidine rings is 1. The number of rotatable bonds is 7. The molecule has 4 heterocycles. The smallest absolute Gasteiger partial charge is 0.190 e. The third kappa shape index (κ3) is 4.82. The van der Waals surface area contributed by atoms with Gasteiger partial charge in [0.25, 0.3) is 0 Å². The number of thiophene rings is 1. The summed E-state index contributed by atoms with van der Waals surface area (Å²) in [6, 6.07) is 10.9. The fourth-order valence-electron chi connectivity index (χ4n) is 4.35. The van der Waals surface area contributed by atoms with Crippen LogP contribution in [0.5, 0.6) is 0 Å². The highest BCUT2D eigenvalue weighted by Crippen LogP contribution is 2.36. The summed E-state index contributed by atoms with van der Waals surface area (Å²) in [6.07, 6.45) is 6.37. The van der Waals surface area contributed by atoms with Crippen molar-refractivity contribution in [2.45, 2.75) is 31.7 Å². The zero-order valence-corrected chi connectivity index (χ0v) is 18.6. The molecule has 30 heavy (non-hydrogen) atoms. The molecule has 0 aromatic carbocycles. The normalized spacial score (nSPS) is 20.5. The lowest BCUT2D eigenvalue weighted by atomic mass is 9.88. The fraction of sp³-hybridized carbons (Fsp3) is 0.500. The Morgan fingerprint density at radius 2 is 2.17 bits per heavy atom. The van der Waals surface area contributed by atoms with Crippen molar-refractivity contribution in [1.29, 1.82) is 0 Å². The van der Waals surface area contributed by atoms with Crippen LogP contribution in [0.4, 0.5) is 0 Å². The second-order valence-electron chi connectivity index (χ2n) is 7.87. The first-order valence-electron chi connectivity index (χ1n) is 10.7. The van der Waals surface area contributed by atoms with Crippen LogP contribution < -0.4 is 10.6 Å². The molecule has 1 saturated heterocycles. The van der Waals surface area contributed by atoms with E-state index in [4.69, 9.17) is 0 Å². The SMILES string of the molecule is CN=C(NCCCc1nnc2ccccn12)NCC1CCCN(C)C1c1cccs1. The average Bonchev–Trinajstić information content (AvgIpc) is 3.43. The molecule has 3 aromatic rings. The summed E-state index contributed by atoms with van der Waals surface area (Å²) in [5.74, 6) is 2.46. The number of likely N-dealkylation sites (tertiary alicyclic amines) is 1. The summed E-state index contributed by atoms with van der Waals surface area (Å²) in [6.45, 7) is 2.95. The minimum atomic E-state index is 0.491. The number of hydrogen-bond donors (Lipinski definition) is 2. The quantitative estimate of drug-likeness (QED) is 0.346. The largest absolute Gasteiger partial charge is 0.356 e. The van der Waals surface area contributed by atoms with Gasteiger partial charge in [-0.05, 0) is 62.4 Å². The predicted molar refractivity (Wildman–Crippen MR) is 123 cm³/mol. The van der Waals surface area contributed by atoms with Gasteiger partial charge in [0.1, 0.15) is 5.82 Å². The first-order chi connectivity index (χ1) is 14.8. The lowest BCUT2D eigenvalue weighted by molar-refractivity contribution is 0.125. The minimum Gasteiger partial charge on any atom is -0.356 e. The number of hydrogen-bond acceptors (Lipinski definition) is 5. The van der Waals surface area contributed by atoms with E-state index in [1.165, 1.54) is 24.3 Å². The number of fused-ring (bicyclic) bond motifs is 1. The molecule has 1 aliphatic rings. The van der Waals surface area contributed by atoms with Gasteiger partial charge in [0.15, 0.2) is 11.6 Å². The van der Waals surface area contributed by atoms with Gasteiger partial charge in [0.2, 0.25) is 0 Å². The Kier molecular flexibility index (Phi) is 6.96. The van der Waals surface area contributed by atoms with E-state index >= 15 is 0 Å². The monoisotopic (exact) mass is 425 g/mol. The van der Waals surface area contributed by atoms with Gasteiger partial charge < -0.3 is 10.6 Å². The van der Waals surface area contributed by atoms with Crippen molar-refractivity contribution in [1.82, 2.24) is 30.1 Å². The molecule has 8 heteroatoms. The highest BCUT2D eigenvalue weighted by molar-refractivity contribution is 7.10. The van der Waals surface area contributed by atoms with Crippen molar-refractivity contribution in [3.05, 3.63) is 52.6 Å². The second kappa shape index (κ2) is 10.0. The van der Waals surface area contributed by atoms with E-state index in [-0.39, 0.29) is 0 Å². The third-order valence-corrected chi connectivity index (χ3v) is 6.79. The molecule has 0 bridgehead atoms. The summed E-state index contributed by atoms with van der Waals surface area (Å²) < 4.78 is 2.05. The van der Waals surface area contributed by atoms with E-state index in [2.05, 4.69) is 59.7 Å². The standard InChI is InChI=1S/C22H31N7S/c1-23-22(24-12-5-11-20-27-26-19-10-3-4-14-29(19)20)25-16-17-8-6-13-28(2)21(17)18-9-7-15-30-18/h3-4,7,9-10,14-15,17,21H,5-6,8,11-13,16H2,1-2H3,(H2,23,24,25). The van der Waals surface area contributed by atoms with E-state index in [1.54, 1.807) is 0 Å². The number of pyridine rings is 1. The first-order valence-corrected chi connectivity index (χ1v) is 11.6. The Bertz CT molecular complexity index is 949. The highest BCUT2D eigenvalue weighted by atomic mass is 32.1. The molecule has 0 aliphatic carbocycles. The Balaban J connectivity index is 1.25. The van der Waals surface area contributed by atoms with Gasteiger partial charge in [-0.2, -0.15) is 0 Å². The summed E-state index contributed by atoms with van der Waals surface area (Å²) in [4.78, 5) is 8.38. The van der Waals surface area contributed by atoms with Gasteiger partial charge in [-0.15, -0.1) is 21.5 Å². The molecule has 2 unspecified atom stereocenters. The topological polar surface area (TPSA) is 69.8 Å². The molecule has 0 spiro atoms. The van der Waals surface area contributed by atoms with Crippen molar-refractivity contribution in [3.8, 4) is 0 Å². The molecule has 160 valence electrons. The van der Waals surface area contributed by atoms with Crippen molar-refractivity contribution in [3.63, 3.8) is 0 Å². The van der Waals surface area contributed by atoms with E-state index < -0.39 is 0 Å². The van der Waals surface area contributed by atoms with Gasteiger partial charge >= 0.3 is 0 Å². The first kappa shape index (κ1) is 20.8. The maximum atomic E-state index is 4.41. The van der Waals surface area contributed by atoms with E-state index in [1.807, 2.05) is 42.8 Å². The van der Waals surface area contributed by atoms with Gasteiger partial charge in [-0.3, -0.25) is 14.3 Å². The summed E-state index contributed by atoms with van der Waals surface area (Å²) in [5, 5.41) is 17.7. The summed E-state index contributed by atoms with van der Waals surface area (Å²) in [7, 11) is 4.09. The van der Waals surface area contributed by atoms with Crippen LogP contribution in [0.1, 0.15) is 36.0 Å². The second-order valence-corrected chi connectivity index (χ2v) is 8.85. The van der Waals surface area contributed by atoms with Crippen LogP contribution >= 0.6 is 11.3 Å². The van der Waals surface area contributed by atoms with Crippen molar-refractivity contribution >= 4 is 22.9 Å². The number of aromatic nitrogens is 3. The molecule has 0 saturated carbocycles. The van der Waals surface area contributed by atoms with Crippen LogP contribution in [-0.4, -0.2) is 59.2 Å². The van der Waals surface area contributed by atoms with Crippen molar-refractivity contribution in [2.75, 3.05) is 33.7 Å². The molecule has 2 atom stereocenters. The van der Waals surface area contributed by atoms with E-state index in [9.17, 15) is 0 Å². The summed E-state index contributed by atoms with van der Waals surface area (Å²) in [5.41, 5.74) is 0.899. The number of nitrogens with zero attached hydrogens (tertiary/aromatic N) is 5. The molecule has 7 nitrogen and oxygen atoms in total. The lowest BCUT2D eigenvalue weighted by Crippen LogP contribution is -2.45. The molecular weight excluding hydrogens is 394 g/mol. The lowest BCUT2D eigenvalue weighted by Gasteiger charge is -2.39. The number of aliphatic imine (C=N–C) groups is 1. The van der Waals surface area contributed by atoms with E-state index in [0.29, 0.717) is 12.0 Å². The molecule has 1 fully saturated rings. The summed E-state index contributed by atoms with van der Waals surface area (Å²) >= 11 is 1.86. The van der Waals surface area contributed by atoms with Crippen LogP contribution in [0.3, 0.4) is 0 Å².